The molecule has 0 atom stereocenters. The third-order valence-electron chi connectivity index (χ3n) is 2.77. The van der Waals surface area contributed by atoms with Crippen molar-refractivity contribution in [1.82, 2.24) is 10.7 Å². The molecule has 1 fully saturated rings. The van der Waals surface area contributed by atoms with E-state index in [0.29, 0.717) is 11.4 Å². The van der Waals surface area contributed by atoms with Gasteiger partial charge < -0.3 is 11.1 Å². The van der Waals surface area contributed by atoms with Crippen molar-refractivity contribution in [3.05, 3.63) is 29.8 Å². The lowest BCUT2D eigenvalue weighted by molar-refractivity contribution is -0.139. The van der Waals surface area contributed by atoms with E-state index < -0.39 is 11.8 Å². The maximum absolute atomic E-state index is 11.4. The van der Waals surface area contributed by atoms with E-state index in [1.165, 1.54) is 0 Å². The van der Waals surface area contributed by atoms with Gasteiger partial charge >= 0.3 is 11.8 Å². The van der Waals surface area contributed by atoms with E-state index in [4.69, 9.17) is 5.73 Å². The summed E-state index contributed by atoms with van der Waals surface area (Å²) >= 11 is 0. The summed E-state index contributed by atoms with van der Waals surface area (Å²) in [5.41, 5.74) is 9.90. The lowest BCUT2D eigenvalue weighted by atomic mass is 10.1. The van der Waals surface area contributed by atoms with Crippen molar-refractivity contribution in [3.63, 3.8) is 0 Å². The van der Waals surface area contributed by atoms with Gasteiger partial charge in [0.1, 0.15) is 0 Å². The normalized spacial score (nSPS) is 14.9. The van der Waals surface area contributed by atoms with Crippen LogP contribution in [0, 0.1) is 0 Å². The van der Waals surface area contributed by atoms with Gasteiger partial charge in [0.2, 0.25) is 0 Å². The summed E-state index contributed by atoms with van der Waals surface area (Å²) in [5.74, 6) is -1.39. The number of amides is 2. The Morgan fingerprint density at radius 3 is 2.42 bits per heavy atom. The average Bonchev–Trinajstić information content (AvgIpc) is 3.20. The number of carbonyl (C=O) groups excluding carboxylic acids is 2. The van der Waals surface area contributed by atoms with Crippen molar-refractivity contribution in [3.8, 4) is 0 Å². The van der Waals surface area contributed by atoms with Crippen LogP contribution < -0.4 is 16.5 Å². The highest BCUT2D eigenvalue weighted by Gasteiger charge is 2.26. The van der Waals surface area contributed by atoms with Crippen molar-refractivity contribution < 1.29 is 9.59 Å². The fraction of sp³-hybridized carbons (Fsp3) is 0.308. The largest absolute Gasteiger partial charge is 0.399 e. The summed E-state index contributed by atoms with van der Waals surface area (Å²) in [6.45, 7) is 1.74. The lowest BCUT2D eigenvalue weighted by Crippen LogP contribution is -2.39. The summed E-state index contributed by atoms with van der Waals surface area (Å²) < 4.78 is 0. The first-order chi connectivity index (χ1) is 9.06. The second kappa shape index (κ2) is 5.51. The van der Waals surface area contributed by atoms with Crippen LogP contribution in [0.4, 0.5) is 5.69 Å². The van der Waals surface area contributed by atoms with Gasteiger partial charge in [-0.2, -0.15) is 5.10 Å². The van der Waals surface area contributed by atoms with Gasteiger partial charge in [-0.25, -0.2) is 5.43 Å². The predicted octanol–water partition coefficient (Wildman–Crippen LogP) is 0.388. The molecule has 0 aliphatic heterocycles. The molecule has 1 aliphatic rings. The maximum Gasteiger partial charge on any atom is 0.329 e. The number of nitrogens with zero attached hydrogens (tertiary/aromatic N) is 1. The predicted molar refractivity (Wildman–Crippen MR) is 72.4 cm³/mol. The number of anilines is 1. The Bertz CT molecular complexity index is 518. The van der Waals surface area contributed by atoms with Crippen LogP contribution in [0.1, 0.15) is 25.3 Å². The zero-order valence-electron chi connectivity index (χ0n) is 10.6. The summed E-state index contributed by atoms with van der Waals surface area (Å²) in [7, 11) is 0. The molecule has 0 aromatic heterocycles. The molecule has 1 aliphatic carbocycles. The number of hydrogen-bond acceptors (Lipinski definition) is 4. The Labute approximate surface area is 111 Å². The first-order valence-corrected chi connectivity index (χ1v) is 6.07. The van der Waals surface area contributed by atoms with Gasteiger partial charge in [0.15, 0.2) is 0 Å². The fourth-order valence-corrected chi connectivity index (χ4v) is 1.45. The van der Waals surface area contributed by atoms with E-state index in [-0.39, 0.29) is 6.04 Å². The molecule has 0 unspecified atom stereocenters. The summed E-state index contributed by atoms with van der Waals surface area (Å²) in [4.78, 5) is 22.8. The molecule has 1 aromatic rings. The third-order valence-corrected chi connectivity index (χ3v) is 2.77. The molecule has 0 bridgehead atoms. The van der Waals surface area contributed by atoms with Gasteiger partial charge in [0.05, 0.1) is 5.71 Å². The number of hydrogen-bond donors (Lipinski definition) is 3. The molecule has 4 N–H and O–H groups in total. The molecule has 6 nitrogen and oxygen atoms in total. The Balaban J connectivity index is 1.91. The SMILES string of the molecule is C/C(=N/NC(=O)C(=O)NC1CC1)c1ccc(N)cc1. The van der Waals surface area contributed by atoms with Crippen LogP contribution in [0.5, 0.6) is 0 Å². The molecule has 100 valence electrons. The summed E-state index contributed by atoms with van der Waals surface area (Å²) in [5, 5.41) is 6.48. The lowest BCUT2D eigenvalue weighted by Gasteiger charge is -2.03. The monoisotopic (exact) mass is 260 g/mol. The number of hydrazone groups is 1. The van der Waals surface area contributed by atoms with Gasteiger partial charge in [0.25, 0.3) is 0 Å². The highest BCUT2D eigenvalue weighted by Crippen LogP contribution is 2.18. The first kappa shape index (κ1) is 13.1. The quantitative estimate of drug-likeness (QED) is 0.317. The van der Waals surface area contributed by atoms with Gasteiger partial charge in [-0.1, -0.05) is 12.1 Å². The van der Waals surface area contributed by atoms with E-state index >= 15 is 0 Å². The smallest absolute Gasteiger partial charge is 0.329 e. The maximum atomic E-state index is 11.4. The summed E-state index contributed by atoms with van der Waals surface area (Å²) in [6.07, 6.45) is 1.87. The fourth-order valence-electron chi connectivity index (χ4n) is 1.45. The van der Waals surface area contributed by atoms with Crippen LogP contribution in [-0.4, -0.2) is 23.6 Å². The van der Waals surface area contributed by atoms with E-state index in [1.54, 1.807) is 31.2 Å². The van der Waals surface area contributed by atoms with E-state index in [9.17, 15) is 9.59 Å². The van der Waals surface area contributed by atoms with E-state index in [2.05, 4.69) is 15.8 Å². The standard InChI is InChI=1S/C13H16N4O2/c1-8(9-2-4-10(14)5-3-9)16-17-13(19)12(18)15-11-6-7-11/h2-5,11H,6-7,14H2,1H3,(H,15,18)(H,17,19)/b16-8-. The zero-order valence-corrected chi connectivity index (χ0v) is 10.6. The molecule has 1 saturated carbocycles. The number of nitrogens with two attached hydrogens (primary N) is 1. The van der Waals surface area contributed by atoms with E-state index in [1.807, 2.05) is 0 Å². The molecule has 0 radical (unpaired) electrons. The molecular weight excluding hydrogens is 244 g/mol. The van der Waals surface area contributed by atoms with Gasteiger partial charge in [-0.15, -0.1) is 0 Å². The molecule has 2 rings (SSSR count). The van der Waals surface area contributed by atoms with Crippen LogP contribution in [-0.2, 0) is 9.59 Å². The molecule has 1 aromatic carbocycles. The van der Waals surface area contributed by atoms with E-state index in [0.717, 1.165) is 18.4 Å². The summed E-state index contributed by atoms with van der Waals surface area (Å²) in [6, 6.07) is 7.24. The Kier molecular flexibility index (Phi) is 3.79. The minimum Gasteiger partial charge on any atom is -0.399 e. The zero-order chi connectivity index (χ0) is 13.8. The van der Waals surface area contributed by atoms with Crippen LogP contribution >= 0.6 is 0 Å². The average molecular weight is 260 g/mol. The highest BCUT2D eigenvalue weighted by atomic mass is 16.2. The third kappa shape index (κ3) is 3.80. The molecule has 19 heavy (non-hydrogen) atoms. The van der Waals surface area contributed by atoms with Crippen LogP contribution in [0.15, 0.2) is 29.4 Å². The Morgan fingerprint density at radius 1 is 1.21 bits per heavy atom. The topological polar surface area (TPSA) is 96.6 Å². The first-order valence-electron chi connectivity index (χ1n) is 6.07. The molecule has 0 heterocycles. The van der Waals surface area contributed by atoms with Gasteiger partial charge in [-0.05, 0) is 37.5 Å². The number of nitrogens with one attached hydrogen (secondary N) is 2. The molecule has 2 amide bonds. The Morgan fingerprint density at radius 2 is 1.84 bits per heavy atom. The van der Waals surface area contributed by atoms with Gasteiger partial charge in [0, 0.05) is 11.7 Å². The molecule has 0 saturated heterocycles. The highest BCUT2D eigenvalue weighted by molar-refractivity contribution is 6.35. The second-order valence-electron chi connectivity index (χ2n) is 4.51. The molecule has 0 spiro atoms. The molecular formula is C13H16N4O2. The second-order valence-corrected chi connectivity index (χ2v) is 4.51. The van der Waals surface area contributed by atoms with Crippen molar-refractivity contribution in [2.45, 2.75) is 25.8 Å². The minimum absolute atomic E-state index is 0.153. The number of benzene rings is 1. The van der Waals surface area contributed by atoms with Crippen molar-refractivity contribution in [2.24, 2.45) is 5.10 Å². The van der Waals surface area contributed by atoms with Gasteiger partial charge in [-0.3, -0.25) is 9.59 Å². The minimum atomic E-state index is -0.748. The van der Waals surface area contributed by atoms with Crippen LogP contribution in [0.3, 0.4) is 0 Å². The van der Waals surface area contributed by atoms with Crippen molar-refractivity contribution >= 4 is 23.2 Å². The number of nitrogen functional groups attached to an aromatic ring is 1. The van der Waals surface area contributed by atoms with Crippen molar-refractivity contribution in [2.75, 3.05) is 5.73 Å². The van der Waals surface area contributed by atoms with Crippen LogP contribution in [0.2, 0.25) is 0 Å². The number of carbonyl (C=O) groups is 2. The number of rotatable bonds is 3. The Hall–Kier alpha value is -2.37. The van der Waals surface area contributed by atoms with Crippen molar-refractivity contribution in [1.29, 1.82) is 0 Å². The van der Waals surface area contributed by atoms with Crippen LogP contribution in [0.25, 0.3) is 0 Å². The molecule has 6 heteroatoms.